The highest BCUT2D eigenvalue weighted by Gasteiger charge is 2.07. The van der Waals surface area contributed by atoms with Crippen molar-refractivity contribution in [1.82, 2.24) is 10.6 Å². The molecule has 0 heterocycles. The first-order chi connectivity index (χ1) is 11.6. The van der Waals surface area contributed by atoms with Gasteiger partial charge in [0.2, 0.25) is 0 Å². The molecule has 2 amide bonds. The van der Waals surface area contributed by atoms with Gasteiger partial charge in [0.25, 0.3) is 11.8 Å². The minimum absolute atomic E-state index is 0.201. The van der Waals surface area contributed by atoms with Crippen molar-refractivity contribution in [3.8, 4) is 11.5 Å². The van der Waals surface area contributed by atoms with E-state index in [9.17, 15) is 9.59 Å². The van der Waals surface area contributed by atoms with Crippen LogP contribution in [-0.4, -0.2) is 39.1 Å². The summed E-state index contributed by atoms with van der Waals surface area (Å²) < 4.78 is 10.1. The van der Waals surface area contributed by atoms with Crippen LogP contribution in [0.15, 0.2) is 48.5 Å². The number of hydrogen-bond acceptors (Lipinski definition) is 4. The molecule has 0 atom stereocenters. The Balaban J connectivity index is 1.77. The van der Waals surface area contributed by atoms with Crippen LogP contribution in [0.3, 0.4) is 0 Å². The molecule has 6 heteroatoms. The third-order valence-electron chi connectivity index (χ3n) is 3.38. The normalized spacial score (nSPS) is 9.92. The molecule has 0 saturated carbocycles. The fourth-order valence-electron chi connectivity index (χ4n) is 2.06. The molecule has 0 aliphatic heterocycles. The molecule has 0 aromatic heterocycles. The number of carbonyl (C=O) groups is 2. The maximum absolute atomic E-state index is 12.0. The van der Waals surface area contributed by atoms with E-state index in [1.54, 1.807) is 62.8 Å². The summed E-state index contributed by atoms with van der Waals surface area (Å²) in [7, 11) is 3.12. The Bertz CT molecular complexity index is 698. The largest absolute Gasteiger partial charge is 0.497 e. The lowest BCUT2D eigenvalue weighted by Gasteiger charge is -2.08. The second-order valence-corrected chi connectivity index (χ2v) is 4.97. The number of nitrogens with one attached hydrogen (secondary N) is 2. The van der Waals surface area contributed by atoms with E-state index < -0.39 is 0 Å². The molecular formula is C18H20N2O4. The lowest BCUT2D eigenvalue weighted by molar-refractivity contribution is 0.0927. The number of benzene rings is 2. The molecule has 0 aliphatic rings. The number of ether oxygens (including phenoxy) is 2. The molecule has 0 radical (unpaired) electrons. The zero-order valence-electron chi connectivity index (χ0n) is 13.7. The Kier molecular flexibility index (Phi) is 6.19. The Morgan fingerprint density at radius 3 is 1.96 bits per heavy atom. The topological polar surface area (TPSA) is 76.7 Å². The molecule has 2 aromatic carbocycles. The van der Waals surface area contributed by atoms with Gasteiger partial charge in [-0.15, -0.1) is 0 Å². The second-order valence-electron chi connectivity index (χ2n) is 4.97. The highest BCUT2D eigenvalue weighted by molar-refractivity contribution is 5.95. The van der Waals surface area contributed by atoms with Crippen molar-refractivity contribution in [2.24, 2.45) is 0 Å². The molecule has 0 bridgehead atoms. The van der Waals surface area contributed by atoms with Gasteiger partial charge in [0.05, 0.1) is 14.2 Å². The van der Waals surface area contributed by atoms with E-state index in [0.29, 0.717) is 35.7 Å². The van der Waals surface area contributed by atoms with Crippen LogP contribution in [0.25, 0.3) is 0 Å². The van der Waals surface area contributed by atoms with Crippen LogP contribution in [0.2, 0.25) is 0 Å². The number of carbonyl (C=O) groups excluding carboxylic acids is 2. The average molecular weight is 328 g/mol. The maximum atomic E-state index is 12.0. The summed E-state index contributed by atoms with van der Waals surface area (Å²) in [4.78, 5) is 24.0. The van der Waals surface area contributed by atoms with Crippen molar-refractivity contribution in [3.63, 3.8) is 0 Å². The van der Waals surface area contributed by atoms with Gasteiger partial charge in [-0.25, -0.2) is 0 Å². The van der Waals surface area contributed by atoms with E-state index in [-0.39, 0.29) is 11.8 Å². The lowest BCUT2D eigenvalue weighted by atomic mass is 10.2. The minimum atomic E-state index is -0.215. The van der Waals surface area contributed by atoms with E-state index in [1.165, 1.54) is 0 Å². The molecule has 0 spiro atoms. The molecule has 2 aromatic rings. The zero-order chi connectivity index (χ0) is 17.4. The van der Waals surface area contributed by atoms with Gasteiger partial charge in [0.1, 0.15) is 11.5 Å². The second kappa shape index (κ2) is 8.57. The van der Waals surface area contributed by atoms with Gasteiger partial charge in [-0.2, -0.15) is 0 Å². The van der Waals surface area contributed by atoms with Crippen LogP contribution in [-0.2, 0) is 0 Å². The highest BCUT2D eigenvalue weighted by atomic mass is 16.5. The predicted octanol–water partition coefficient (Wildman–Crippen LogP) is 1.86. The molecule has 24 heavy (non-hydrogen) atoms. The summed E-state index contributed by atoms with van der Waals surface area (Å²) in [6, 6.07) is 13.7. The molecule has 2 N–H and O–H groups in total. The minimum Gasteiger partial charge on any atom is -0.497 e. The van der Waals surface area contributed by atoms with E-state index in [2.05, 4.69) is 10.6 Å². The van der Waals surface area contributed by atoms with Crippen molar-refractivity contribution in [3.05, 3.63) is 59.7 Å². The summed E-state index contributed by atoms with van der Waals surface area (Å²) in [6.07, 6.45) is 0. The fraction of sp³-hybridized carbons (Fsp3) is 0.222. The molecule has 0 unspecified atom stereocenters. The molecular weight excluding hydrogens is 308 g/mol. The SMILES string of the molecule is COc1ccc(C(=O)NCCNC(=O)c2cccc(OC)c2)cc1. The van der Waals surface area contributed by atoms with Crippen molar-refractivity contribution in [2.45, 2.75) is 0 Å². The standard InChI is InChI=1S/C18H20N2O4/c1-23-15-8-6-13(7-9-15)17(21)19-10-11-20-18(22)14-4-3-5-16(12-14)24-2/h3-9,12H,10-11H2,1-2H3,(H,19,21)(H,20,22). The van der Waals surface area contributed by atoms with E-state index in [1.807, 2.05) is 0 Å². The fourth-order valence-corrected chi connectivity index (χ4v) is 2.06. The quantitative estimate of drug-likeness (QED) is 0.761. The molecule has 2 rings (SSSR count). The number of hydrogen-bond donors (Lipinski definition) is 2. The first kappa shape index (κ1) is 17.3. The van der Waals surface area contributed by atoms with Gasteiger partial charge in [-0.3, -0.25) is 9.59 Å². The van der Waals surface area contributed by atoms with E-state index in [4.69, 9.17) is 9.47 Å². The number of methoxy groups -OCH3 is 2. The van der Waals surface area contributed by atoms with E-state index in [0.717, 1.165) is 0 Å². The maximum Gasteiger partial charge on any atom is 0.251 e. The van der Waals surface area contributed by atoms with Crippen LogP contribution >= 0.6 is 0 Å². The summed E-state index contributed by atoms with van der Waals surface area (Å²) in [6.45, 7) is 0.665. The van der Waals surface area contributed by atoms with Gasteiger partial charge in [-0.1, -0.05) is 6.07 Å². The molecule has 0 saturated heterocycles. The van der Waals surface area contributed by atoms with Crippen molar-refractivity contribution >= 4 is 11.8 Å². The van der Waals surface area contributed by atoms with E-state index >= 15 is 0 Å². The van der Waals surface area contributed by atoms with Crippen molar-refractivity contribution in [1.29, 1.82) is 0 Å². The Morgan fingerprint density at radius 1 is 0.792 bits per heavy atom. The zero-order valence-corrected chi connectivity index (χ0v) is 13.7. The predicted molar refractivity (Wildman–Crippen MR) is 90.7 cm³/mol. The lowest BCUT2D eigenvalue weighted by Crippen LogP contribution is -2.34. The van der Waals surface area contributed by atoms with Crippen molar-refractivity contribution < 1.29 is 19.1 Å². The van der Waals surface area contributed by atoms with Crippen molar-refractivity contribution in [2.75, 3.05) is 27.3 Å². The summed E-state index contributed by atoms with van der Waals surface area (Å²) in [5.41, 5.74) is 1.05. The Labute approximate surface area is 140 Å². The highest BCUT2D eigenvalue weighted by Crippen LogP contribution is 2.12. The molecule has 126 valence electrons. The van der Waals surface area contributed by atoms with Crippen LogP contribution in [0.4, 0.5) is 0 Å². The first-order valence-electron chi connectivity index (χ1n) is 7.48. The number of amides is 2. The van der Waals surface area contributed by atoms with Crippen LogP contribution in [0.5, 0.6) is 11.5 Å². The first-order valence-corrected chi connectivity index (χ1v) is 7.48. The third kappa shape index (κ3) is 4.74. The summed E-state index contributed by atoms with van der Waals surface area (Å²) in [5, 5.41) is 5.49. The number of rotatable bonds is 7. The third-order valence-corrected chi connectivity index (χ3v) is 3.38. The smallest absolute Gasteiger partial charge is 0.251 e. The van der Waals surface area contributed by atoms with Crippen LogP contribution in [0.1, 0.15) is 20.7 Å². The monoisotopic (exact) mass is 328 g/mol. The molecule has 0 fully saturated rings. The Morgan fingerprint density at radius 2 is 1.38 bits per heavy atom. The molecule has 6 nitrogen and oxygen atoms in total. The van der Waals surface area contributed by atoms with Gasteiger partial charge in [-0.05, 0) is 42.5 Å². The average Bonchev–Trinajstić information content (AvgIpc) is 2.65. The van der Waals surface area contributed by atoms with Gasteiger partial charge in [0.15, 0.2) is 0 Å². The van der Waals surface area contributed by atoms with Gasteiger partial charge >= 0.3 is 0 Å². The van der Waals surface area contributed by atoms with Gasteiger partial charge < -0.3 is 20.1 Å². The Hall–Kier alpha value is -3.02. The summed E-state index contributed by atoms with van der Waals surface area (Å²) in [5.74, 6) is 0.897. The van der Waals surface area contributed by atoms with Crippen LogP contribution in [0, 0.1) is 0 Å². The van der Waals surface area contributed by atoms with Crippen LogP contribution < -0.4 is 20.1 Å². The van der Waals surface area contributed by atoms with Gasteiger partial charge in [0, 0.05) is 24.2 Å². The summed E-state index contributed by atoms with van der Waals surface area (Å²) >= 11 is 0. The molecule has 0 aliphatic carbocycles.